The number of carbonyl (C=O) groups excluding carboxylic acids is 1. The highest BCUT2D eigenvalue weighted by Crippen LogP contribution is 2.37. The van der Waals surface area contributed by atoms with E-state index < -0.39 is 5.02 Å². The van der Waals surface area contributed by atoms with Crippen molar-refractivity contribution in [2.24, 2.45) is 21.5 Å². The Labute approximate surface area is 357 Å². The van der Waals surface area contributed by atoms with E-state index in [0.29, 0.717) is 25.0 Å². The van der Waals surface area contributed by atoms with Gasteiger partial charge < -0.3 is 24.6 Å². The molecule has 16 heteroatoms. The number of pyridine rings is 1. The minimum Gasteiger partial charge on any atom is -0.378 e. The molecule has 2 aromatic heterocycles. The molecule has 3 heterocycles. The molecule has 1 saturated carbocycles. The first-order valence-electron chi connectivity index (χ1n) is 17.3. The SMILES string of the molecule is C#CC#CC#CC#CC#CC#CC#CC#CC#CC#CC.CC(C)(C)OCCC(=O)Nc1nc2ccc(N3CCOCC3)nc2n1C1CCC1.NN=NN=[N+]([O-])OO.[HH].[HH].[HH].[HH].[HH].[HH].[HH].[HH].[HH].[HH].[HH].[HH].[HH]. The molecule has 4 rings (SSSR count). The maximum Gasteiger partial charge on any atom is 0.229 e. The summed E-state index contributed by atoms with van der Waals surface area (Å²) in [7, 11) is 0. The van der Waals surface area contributed by atoms with Crippen LogP contribution in [0, 0.1) is 124 Å². The van der Waals surface area contributed by atoms with Crippen molar-refractivity contribution in [3.63, 3.8) is 0 Å². The van der Waals surface area contributed by atoms with Crippen molar-refractivity contribution >= 4 is 28.8 Å². The number of amides is 1. The molecule has 2 aliphatic rings. The zero-order valence-electron chi connectivity index (χ0n) is 32.3. The van der Waals surface area contributed by atoms with E-state index in [2.05, 4.69) is 159 Å². The third-order valence-electron chi connectivity index (χ3n) is 6.84. The molecule has 58 heavy (non-hydrogen) atoms. The smallest absolute Gasteiger partial charge is 0.229 e. The van der Waals surface area contributed by atoms with Crippen molar-refractivity contribution in [1.29, 1.82) is 0 Å². The van der Waals surface area contributed by atoms with Gasteiger partial charge in [-0.1, -0.05) is 5.92 Å². The largest absolute Gasteiger partial charge is 0.378 e. The summed E-state index contributed by atoms with van der Waals surface area (Å²) >= 11 is 0. The van der Waals surface area contributed by atoms with Crippen LogP contribution >= 0.6 is 0 Å². The number of hydrogen-bond acceptors (Lipinski definition) is 10. The summed E-state index contributed by atoms with van der Waals surface area (Å²) in [5.41, 5.74) is 1.41. The first kappa shape index (κ1) is 46.1. The number of terminal acetylenes is 1. The fraction of sp³-hybridized carbons (Fsp3) is 0.357. The summed E-state index contributed by atoms with van der Waals surface area (Å²) < 4.78 is 13.2. The Morgan fingerprint density at radius 1 is 0.983 bits per heavy atom. The van der Waals surface area contributed by atoms with E-state index in [-0.39, 0.29) is 30.1 Å². The fourth-order valence-corrected chi connectivity index (χ4v) is 4.29. The number of morpholine rings is 1. The van der Waals surface area contributed by atoms with Crippen LogP contribution in [-0.2, 0) is 19.3 Å². The third-order valence-corrected chi connectivity index (χ3v) is 6.84. The van der Waals surface area contributed by atoms with Gasteiger partial charge in [-0.25, -0.2) is 9.97 Å². The lowest BCUT2D eigenvalue weighted by Gasteiger charge is -2.30. The van der Waals surface area contributed by atoms with Crippen molar-refractivity contribution < 1.29 is 48.1 Å². The lowest BCUT2D eigenvalue weighted by Crippen LogP contribution is -2.36. The lowest BCUT2D eigenvalue weighted by molar-refractivity contribution is -0.873. The Hall–Kier alpha value is -8.03. The summed E-state index contributed by atoms with van der Waals surface area (Å²) in [5.74, 6) is 52.7. The molecular weight excluding hydrogens is 741 g/mol. The average Bonchev–Trinajstić information content (AvgIpc) is 3.53. The Balaban J connectivity index is -0.0000000751. The van der Waals surface area contributed by atoms with Gasteiger partial charge in [0.25, 0.3) is 0 Å². The predicted molar refractivity (Wildman–Crippen MR) is 243 cm³/mol. The monoisotopic (exact) mass is 805 g/mol. The summed E-state index contributed by atoms with van der Waals surface area (Å²) in [6, 6.07) is 4.35. The molecule has 1 saturated heterocycles. The number of imidazole rings is 1. The van der Waals surface area contributed by atoms with Crippen molar-refractivity contribution in [3.05, 3.63) is 17.3 Å². The van der Waals surface area contributed by atoms with Crippen LogP contribution < -0.4 is 16.1 Å². The number of aromatic nitrogens is 3. The molecule has 318 valence electrons. The van der Waals surface area contributed by atoms with E-state index in [9.17, 15) is 10.0 Å². The van der Waals surface area contributed by atoms with Crippen LogP contribution in [0.3, 0.4) is 0 Å². The number of rotatable bonds is 8. The standard InChI is InChI=1S/C21H31N5O3.C21H4.H3N5O3.13H2/c1-21(2,3)29-12-9-18(27)24-20-22-16-7-8-17(25-10-13-28-14-11-25)23-19(16)26(20)15-5-4-6-15;1-3-5-7-9-11-13-15-17-19-21-20-18-16-14-12-10-8-6-4-2;1-2-3-4-5(6)8-7;;;;;;;;;;;;;/h7-8,15H,4-6,9-14H2,1-3H3,(H,22,24,27);1H,2H3;7H,(H2,1,3);13*1H. The Bertz CT molecular complexity index is 2480. The van der Waals surface area contributed by atoms with Crippen LogP contribution in [-0.4, -0.2) is 69.2 Å². The van der Waals surface area contributed by atoms with Gasteiger partial charge in [-0.15, -0.1) is 6.42 Å². The van der Waals surface area contributed by atoms with Gasteiger partial charge >= 0.3 is 0 Å². The highest BCUT2D eigenvalue weighted by molar-refractivity contribution is 5.91. The number of nitrogens with two attached hydrogens (primary N) is 1. The van der Waals surface area contributed by atoms with Crippen molar-refractivity contribution in [1.82, 2.24) is 14.5 Å². The van der Waals surface area contributed by atoms with Crippen molar-refractivity contribution in [3.8, 4) is 119 Å². The quantitative estimate of drug-likeness (QED) is 0.0859. The second-order valence-corrected chi connectivity index (χ2v) is 11.9. The zero-order valence-corrected chi connectivity index (χ0v) is 32.3. The second-order valence-electron chi connectivity index (χ2n) is 11.9. The summed E-state index contributed by atoms with van der Waals surface area (Å²) in [5, 5.41) is 27.1. The number of nitrogens with one attached hydrogen (secondary N) is 1. The van der Waals surface area contributed by atoms with Crippen LogP contribution in [0.2, 0.25) is 0 Å². The van der Waals surface area contributed by atoms with Gasteiger partial charge in [-0.2, -0.15) is 0 Å². The molecule has 0 atom stereocenters. The summed E-state index contributed by atoms with van der Waals surface area (Å²) in [6.07, 6.45) is 8.57. The molecule has 1 aliphatic heterocycles. The average molecular weight is 805 g/mol. The first-order valence-corrected chi connectivity index (χ1v) is 17.3. The molecule has 0 bridgehead atoms. The molecule has 1 aliphatic carbocycles. The first-order chi connectivity index (χ1) is 28.1. The molecule has 16 nitrogen and oxygen atoms in total. The molecule has 2 fully saturated rings. The van der Waals surface area contributed by atoms with Gasteiger partial charge in [0.1, 0.15) is 11.3 Å². The number of fused-ring (bicyclic) bond motifs is 1. The maximum atomic E-state index is 12.5. The van der Waals surface area contributed by atoms with Gasteiger partial charge in [0, 0.05) is 49.5 Å². The van der Waals surface area contributed by atoms with E-state index >= 15 is 0 Å². The fourth-order valence-electron chi connectivity index (χ4n) is 4.29. The minimum absolute atomic E-state index is 0. The van der Waals surface area contributed by atoms with Crippen LogP contribution in [0.15, 0.2) is 27.8 Å². The molecule has 0 radical (unpaired) electrons. The van der Waals surface area contributed by atoms with E-state index in [1.807, 2.05) is 32.9 Å². The predicted octanol–water partition coefficient (Wildman–Crippen LogP) is 6.60. The van der Waals surface area contributed by atoms with Crippen LogP contribution in [0.1, 0.15) is 78.0 Å². The zero-order chi connectivity index (χ0) is 42.3. The third kappa shape index (κ3) is 19.3. The van der Waals surface area contributed by atoms with Crippen molar-refractivity contribution in [2.75, 3.05) is 43.1 Å². The van der Waals surface area contributed by atoms with E-state index in [4.69, 9.17) is 26.1 Å². The topological polar surface area (TPSA) is 200 Å². The Kier molecular flexibility index (Phi) is 21.9. The highest BCUT2D eigenvalue weighted by Gasteiger charge is 2.27. The summed E-state index contributed by atoms with van der Waals surface area (Å²) in [4.78, 5) is 27.3. The minimum atomic E-state index is -0.573. The molecule has 4 N–H and O–H groups in total. The molecule has 0 unspecified atom stereocenters. The van der Waals surface area contributed by atoms with Crippen LogP contribution in [0.5, 0.6) is 0 Å². The summed E-state index contributed by atoms with van der Waals surface area (Å²) in [6.45, 7) is 11.2. The lowest BCUT2D eigenvalue weighted by atomic mass is 9.93. The number of hydrogen-bond donors (Lipinski definition) is 3. The Morgan fingerprint density at radius 2 is 1.53 bits per heavy atom. The van der Waals surface area contributed by atoms with Gasteiger partial charge in [0.2, 0.25) is 22.3 Å². The van der Waals surface area contributed by atoms with E-state index in [1.165, 1.54) is 6.42 Å². The van der Waals surface area contributed by atoms with Gasteiger partial charge in [0.15, 0.2) is 5.65 Å². The molecule has 0 spiro atoms. The highest BCUT2D eigenvalue weighted by atomic mass is 17.2. The van der Waals surface area contributed by atoms with Crippen LogP contribution in [0.25, 0.3) is 11.2 Å². The van der Waals surface area contributed by atoms with Gasteiger partial charge in [-0.3, -0.25) is 25.8 Å². The van der Waals surface area contributed by atoms with Gasteiger partial charge in [-0.05, 0) is 154 Å². The number of nitrogens with zero attached hydrogens (tertiary/aromatic N) is 8. The van der Waals surface area contributed by atoms with E-state index in [1.54, 1.807) is 6.92 Å². The molecular formula is C42H64N10O6. The second kappa shape index (κ2) is 27.5. The molecule has 0 aromatic carbocycles. The number of ether oxygens (including phenoxy) is 2. The van der Waals surface area contributed by atoms with Gasteiger partial charge in [0.05, 0.1) is 42.1 Å². The normalized spacial score (nSPS) is 12.1. The maximum absolute atomic E-state index is 12.5. The molecule has 2 aromatic rings. The van der Waals surface area contributed by atoms with Crippen LogP contribution in [0.4, 0.5) is 11.8 Å². The Morgan fingerprint density at radius 3 is 2.00 bits per heavy atom. The number of carbonyl (C=O) groups is 1. The number of anilines is 2. The van der Waals surface area contributed by atoms with E-state index in [0.717, 1.165) is 56.1 Å². The van der Waals surface area contributed by atoms with Crippen molar-refractivity contribution in [2.45, 2.75) is 65.0 Å². The molecule has 1 amide bonds.